The highest BCUT2D eigenvalue weighted by molar-refractivity contribution is 5.30. The van der Waals surface area contributed by atoms with Crippen LogP contribution in [0.3, 0.4) is 0 Å². The van der Waals surface area contributed by atoms with Crippen molar-refractivity contribution in [2.75, 3.05) is 46.4 Å². The summed E-state index contributed by atoms with van der Waals surface area (Å²) in [6.07, 6.45) is 0. The summed E-state index contributed by atoms with van der Waals surface area (Å²) in [6.45, 7) is 10.9. The van der Waals surface area contributed by atoms with Crippen LogP contribution in [0.1, 0.15) is 25.3 Å². The number of hydrogen-bond acceptors (Lipinski definition) is 3. The molecule has 3 nitrogen and oxygen atoms in total. The second-order valence-corrected chi connectivity index (χ2v) is 5.72. The molecule has 0 N–H and O–H groups in total. The van der Waals surface area contributed by atoms with Crippen molar-refractivity contribution >= 4 is 0 Å². The molecule has 1 saturated heterocycles. The third-order valence-corrected chi connectivity index (χ3v) is 3.80. The second kappa shape index (κ2) is 6.92. The molecule has 2 rings (SSSR count). The first-order chi connectivity index (χ1) is 9.15. The average Bonchev–Trinajstić information content (AvgIpc) is 2.41. The minimum Gasteiger partial charge on any atom is -0.492 e. The van der Waals surface area contributed by atoms with E-state index < -0.39 is 0 Å². The van der Waals surface area contributed by atoms with Gasteiger partial charge in [-0.15, -0.1) is 0 Å². The summed E-state index contributed by atoms with van der Waals surface area (Å²) in [5, 5.41) is 0. The van der Waals surface area contributed by atoms with Gasteiger partial charge in [0.25, 0.3) is 0 Å². The van der Waals surface area contributed by atoms with Crippen molar-refractivity contribution in [1.29, 1.82) is 0 Å². The number of nitrogens with zero attached hydrogens (tertiary/aromatic N) is 2. The van der Waals surface area contributed by atoms with E-state index in [2.05, 4.69) is 55.0 Å². The highest BCUT2D eigenvalue weighted by Gasteiger charge is 2.13. The third kappa shape index (κ3) is 4.51. The standard InChI is InChI=1S/C16H26N2O/c1-14(2)15-5-4-6-16(13-15)19-12-11-18-9-7-17(3)8-10-18/h4-6,13-14H,7-12H2,1-3H3. The summed E-state index contributed by atoms with van der Waals surface area (Å²) in [5.74, 6) is 1.56. The lowest BCUT2D eigenvalue weighted by Gasteiger charge is -2.32. The third-order valence-electron chi connectivity index (χ3n) is 3.80. The molecule has 0 unspecified atom stereocenters. The summed E-state index contributed by atoms with van der Waals surface area (Å²) in [5.41, 5.74) is 1.34. The van der Waals surface area contributed by atoms with Crippen molar-refractivity contribution in [3.8, 4) is 5.75 Å². The summed E-state index contributed by atoms with van der Waals surface area (Å²) in [6, 6.07) is 8.46. The van der Waals surface area contributed by atoms with Crippen LogP contribution in [0.4, 0.5) is 0 Å². The molecule has 1 aromatic rings. The van der Waals surface area contributed by atoms with Crippen LogP contribution in [0.5, 0.6) is 5.75 Å². The van der Waals surface area contributed by atoms with E-state index in [9.17, 15) is 0 Å². The maximum atomic E-state index is 5.87. The maximum Gasteiger partial charge on any atom is 0.119 e. The van der Waals surface area contributed by atoms with E-state index in [1.165, 1.54) is 18.7 Å². The Morgan fingerprint density at radius 1 is 1.16 bits per heavy atom. The fraction of sp³-hybridized carbons (Fsp3) is 0.625. The quantitative estimate of drug-likeness (QED) is 0.810. The summed E-state index contributed by atoms with van der Waals surface area (Å²) in [7, 11) is 2.19. The number of hydrogen-bond donors (Lipinski definition) is 0. The van der Waals surface area contributed by atoms with Crippen molar-refractivity contribution in [2.45, 2.75) is 19.8 Å². The lowest BCUT2D eigenvalue weighted by molar-refractivity contribution is 0.133. The smallest absolute Gasteiger partial charge is 0.119 e. The van der Waals surface area contributed by atoms with Crippen molar-refractivity contribution in [3.63, 3.8) is 0 Å². The van der Waals surface area contributed by atoms with Crippen LogP contribution in [0.25, 0.3) is 0 Å². The molecule has 0 bridgehead atoms. The van der Waals surface area contributed by atoms with Gasteiger partial charge < -0.3 is 9.64 Å². The van der Waals surface area contributed by atoms with Gasteiger partial charge in [-0.25, -0.2) is 0 Å². The molecule has 0 aromatic heterocycles. The monoisotopic (exact) mass is 262 g/mol. The van der Waals surface area contributed by atoms with Crippen LogP contribution in [0, 0.1) is 0 Å². The van der Waals surface area contributed by atoms with E-state index in [-0.39, 0.29) is 0 Å². The van der Waals surface area contributed by atoms with Gasteiger partial charge in [-0.3, -0.25) is 4.90 Å². The molecule has 106 valence electrons. The normalized spacial score (nSPS) is 17.9. The largest absolute Gasteiger partial charge is 0.492 e. The molecule has 1 aromatic carbocycles. The lowest BCUT2D eigenvalue weighted by Crippen LogP contribution is -2.45. The molecule has 1 fully saturated rings. The Morgan fingerprint density at radius 3 is 2.58 bits per heavy atom. The van der Waals surface area contributed by atoms with Crippen LogP contribution in [0.2, 0.25) is 0 Å². The number of ether oxygens (including phenoxy) is 1. The van der Waals surface area contributed by atoms with Gasteiger partial charge >= 0.3 is 0 Å². The fourth-order valence-corrected chi connectivity index (χ4v) is 2.33. The van der Waals surface area contributed by atoms with Crippen LogP contribution < -0.4 is 4.74 Å². The molecular weight excluding hydrogens is 236 g/mol. The predicted octanol–water partition coefficient (Wildman–Crippen LogP) is 2.44. The van der Waals surface area contributed by atoms with Crippen LogP contribution in [-0.4, -0.2) is 56.2 Å². The van der Waals surface area contributed by atoms with E-state index in [1.54, 1.807) is 0 Å². The number of benzene rings is 1. The van der Waals surface area contributed by atoms with Gasteiger partial charge in [0.15, 0.2) is 0 Å². The van der Waals surface area contributed by atoms with Gasteiger partial charge in [0.05, 0.1) is 0 Å². The molecule has 1 aliphatic rings. The zero-order valence-electron chi connectivity index (χ0n) is 12.4. The molecule has 0 aliphatic carbocycles. The van der Waals surface area contributed by atoms with Crippen molar-refractivity contribution in [1.82, 2.24) is 9.80 Å². The lowest BCUT2D eigenvalue weighted by atomic mass is 10.0. The molecule has 0 spiro atoms. The van der Waals surface area contributed by atoms with Crippen molar-refractivity contribution in [2.24, 2.45) is 0 Å². The summed E-state index contributed by atoms with van der Waals surface area (Å²) < 4.78 is 5.87. The first kappa shape index (κ1) is 14.4. The molecule has 0 amide bonds. The van der Waals surface area contributed by atoms with Crippen molar-refractivity contribution < 1.29 is 4.74 Å². The molecule has 0 saturated carbocycles. The number of likely N-dealkylation sites (N-methyl/N-ethyl adjacent to an activating group) is 1. The highest BCUT2D eigenvalue weighted by Crippen LogP contribution is 2.20. The van der Waals surface area contributed by atoms with Gasteiger partial charge in [-0.05, 0) is 30.7 Å². The van der Waals surface area contributed by atoms with E-state index >= 15 is 0 Å². The Morgan fingerprint density at radius 2 is 1.89 bits per heavy atom. The zero-order valence-corrected chi connectivity index (χ0v) is 12.4. The molecule has 0 atom stereocenters. The average molecular weight is 262 g/mol. The Bertz CT molecular complexity index is 384. The summed E-state index contributed by atoms with van der Waals surface area (Å²) >= 11 is 0. The van der Waals surface area contributed by atoms with E-state index in [0.29, 0.717) is 5.92 Å². The fourth-order valence-electron chi connectivity index (χ4n) is 2.33. The molecule has 0 radical (unpaired) electrons. The highest BCUT2D eigenvalue weighted by atomic mass is 16.5. The van der Waals surface area contributed by atoms with Gasteiger partial charge in [0, 0.05) is 32.7 Å². The molecule has 1 aliphatic heterocycles. The molecule has 19 heavy (non-hydrogen) atoms. The Hall–Kier alpha value is -1.06. The van der Waals surface area contributed by atoms with Crippen LogP contribution in [0.15, 0.2) is 24.3 Å². The van der Waals surface area contributed by atoms with Gasteiger partial charge in [-0.2, -0.15) is 0 Å². The zero-order chi connectivity index (χ0) is 13.7. The van der Waals surface area contributed by atoms with E-state index in [4.69, 9.17) is 4.74 Å². The van der Waals surface area contributed by atoms with Crippen LogP contribution >= 0.6 is 0 Å². The second-order valence-electron chi connectivity index (χ2n) is 5.72. The predicted molar refractivity (Wildman–Crippen MR) is 80.0 cm³/mol. The number of rotatable bonds is 5. The molecule has 3 heteroatoms. The van der Waals surface area contributed by atoms with Gasteiger partial charge in [0.1, 0.15) is 12.4 Å². The maximum absolute atomic E-state index is 5.87. The first-order valence-electron chi connectivity index (χ1n) is 7.29. The molecule has 1 heterocycles. The van der Waals surface area contributed by atoms with E-state index in [1.807, 2.05) is 0 Å². The summed E-state index contributed by atoms with van der Waals surface area (Å²) in [4.78, 5) is 4.86. The first-order valence-corrected chi connectivity index (χ1v) is 7.29. The Kier molecular flexibility index (Phi) is 5.23. The van der Waals surface area contributed by atoms with Crippen LogP contribution in [-0.2, 0) is 0 Å². The van der Waals surface area contributed by atoms with E-state index in [0.717, 1.165) is 32.0 Å². The molecular formula is C16H26N2O. The Balaban J connectivity index is 1.75. The SMILES string of the molecule is CC(C)c1cccc(OCCN2CCN(C)CC2)c1. The topological polar surface area (TPSA) is 15.7 Å². The van der Waals surface area contributed by atoms with Gasteiger partial charge in [0.2, 0.25) is 0 Å². The minimum absolute atomic E-state index is 0.557. The Labute approximate surface area is 117 Å². The minimum atomic E-state index is 0.557. The van der Waals surface area contributed by atoms with Crippen molar-refractivity contribution in [3.05, 3.63) is 29.8 Å². The number of piperazine rings is 1. The van der Waals surface area contributed by atoms with Gasteiger partial charge in [-0.1, -0.05) is 26.0 Å².